The number of thioether (sulfide) groups is 1. The first-order valence-corrected chi connectivity index (χ1v) is 7.34. The molecule has 0 atom stereocenters. The molecule has 0 amide bonds. The third-order valence-electron chi connectivity index (χ3n) is 2.57. The number of ketones is 1. The second-order valence-electron chi connectivity index (χ2n) is 4.16. The van der Waals surface area contributed by atoms with E-state index < -0.39 is 5.97 Å². The van der Waals surface area contributed by atoms with E-state index in [1.54, 1.807) is 24.3 Å². The molecule has 0 saturated heterocycles. The van der Waals surface area contributed by atoms with Crippen LogP contribution in [-0.4, -0.2) is 29.7 Å². The summed E-state index contributed by atoms with van der Waals surface area (Å²) in [7, 11) is 1.30. The highest BCUT2D eigenvalue weighted by Crippen LogP contribution is 2.08. The molecule has 0 aromatic heterocycles. The van der Waals surface area contributed by atoms with Gasteiger partial charge in [0.2, 0.25) is 0 Å². The summed E-state index contributed by atoms with van der Waals surface area (Å²) < 4.78 is 4.49. The molecule has 5 heteroatoms. The lowest BCUT2D eigenvalue weighted by Crippen LogP contribution is -2.05. The van der Waals surface area contributed by atoms with Crippen molar-refractivity contribution in [1.82, 2.24) is 0 Å². The number of carbonyl (C=O) groups excluding carboxylic acids is 3. The molecule has 110 valence electrons. The quantitative estimate of drug-likeness (QED) is 0.475. The Morgan fingerprint density at radius 3 is 2.38 bits per heavy atom. The van der Waals surface area contributed by atoms with E-state index in [-0.39, 0.29) is 23.7 Å². The zero-order valence-electron chi connectivity index (χ0n) is 12.0. The molecule has 0 aliphatic carbocycles. The third kappa shape index (κ3) is 6.77. The molecule has 0 bridgehead atoms. The minimum Gasteiger partial charge on any atom is -0.469 e. The number of Topliss-reactive ketones (excluding diaryl/α,β-unsaturated/α-hetero) is 1. The van der Waals surface area contributed by atoms with Gasteiger partial charge in [0.1, 0.15) is 0 Å². The van der Waals surface area contributed by atoms with Gasteiger partial charge in [0.05, 0.1) is 19.3 Å². The first-order valence-electron chi connectivity index (χ1n) is 6.35. The molecule has 1 aromatic rings. The largest absolute Gasteiger partial charge is 0.469 e. The van der Waals surface area contributed by atoms with E-state index in [4.69, 9.17) is 0 Å². The van der Waals surface area contributed by atoms with Gasteiger partial charge in [-0.25, -0.2) is 0 Å². The maximum absolute atomic E-state index is 11.8. The molecule has 1 rings (SSSR count). The Hall–Kier alpha value is -2.06. The molecule has 0 N–H and O–H groups in total. The van der Waals surface area contributed by atoms with Crippen LogP contribution in [0.25, 0.3) is 0 Å². The monoisotopic (exact) mass is 304 g/mol. The molecule has 0 fully saturated rings. The van der Waals surface area contributed by atoms with Gasteiger partial charge in [0, 0.05) is 24.5 Å². The van der Waals surface area contributed by atoms with Gasteiger partial charge in [-0.2, -0.15) is 0 Å². The van der Waals surface area contributed by atoms with Crippen LogP contribution in [0.4, 0.5) is 0 Å². The number of methoxy groups -OCH3 is 1. The van der Waals surface area contributed by atoms with Gasteiger partial charge in [0.15, 0.2) is 10.9 Å². The van der Waals surface area contributed by atoms with E-state index in [2.05, 4.69) is 16.6 Å². The standard InChI is InChI=1S/C16H16O4S/c1-12(17)21-11-3-4-13-5-7-14(8-6-13)15(18)9-10-16(19)20-2/h5-8H,9-11H2,1-2H3. The van der Waals surface area contributed by atoms with Gasteiger partial charge in [-0.15, -0.1) is 0 Å². The van der Waals surface area contributed by atoms with Crippen LogP contribution in [0.1, 0.15) is 35.7 Å². The molecule has 21 heavy (non-hydrogen) atoms. The Kier molecular flexibility index (Phi) is 7.27. The Balaban J connectivity index is 2.55. The van der Waals surface area contributed by atoms with Crippen LogP contribution in [0.5, 0.6) is 0 Å². The van der Waals surface area contributed by atoms with Crippen LogP contribution in [-0.2, 0) is 14.3 Å². The fraction of sp³-hybridized carbons (Fsp3) is 0.312. The Morgan fingerprint density at radius 2 is 1.81 bits per heavy atom. The normalized spacial score (nSPS) is 9.43. The van der Waals surface area contributed by atoms with E-state index in [1.807, 2.05) is 0 Å². The Morgan fingerprint density at radius 1 is 1.14 bits per heavy atom. The highest BCUT2D eigenvalue weighted by molar-refractivity contribution is 8.13. The molecule has 0 radical (unpaired) electrons. The van der Waals surface area contributed by atoms with Crippen molar-refractivity contribution in [2.45, 2.75) is 19.8 Å². The topological polar surface area (TPSA) is 60.4 Å². The summed E-state index contributed by atoms with van der Waals surface area (Å²) in [6, 6.07) is 6.86. The average molecular weight is 304 g/mol. The minimum absolute atomic E-state index is 0.0378. The summed E-state index contributed by atoms with van der Waals surface area (Å²) in [5, 5.41) is 0.0378. The molecule has 0 spiro atoms. The summed E-state index contributed by atoms with van der Waals surface area (Å²) in [5.41, 5.74) is 1.33. The maximum Gasteiger partial charge on any atom is 0.305 e. The number of benzene rings is 1. The van der Waals surface area contributed by atoms with E-state index in [9.17, 15) is 14.4 Å². The predicted molar refractivity (Wildman–Crippen MR) is 82.0 cm³/mol. The highest BCUT2D eigenvalue weighted by atomic mass is 32.2. The maximum atomic E-state index is 11.8. The molecule has 0 unspecified atom stereocenters. The van der Waals surface area contributed by atoms with Gasteiger partial charge in [-0.3, -0.25) is 14.4 Å². The number of carbonyl (C=O) groups is 3. The summed E-state index contributed by atoms with van der Waals surface area (Å²) in [6.45, 7) is 1.50. The molecular formula is C16H16O4S. The van der Waals surface area contributed by atoms with Crippen molar-refractivity contribution in [3.8, 4) is 11.8 Å². The van der Waals surface area contributed by atoms with E-state index >= 15 is 0 Å². The Bertz CT molecular complexity index is 579. The van der Waals surface area contributed by atoms with Crippen molar-refractivity contribution in [3.05, 3.63) is 35.4 Å². The third-order valence-corrected chi connectivity index (χ3v) is 3.27. The highest BCUT2D eigenvalue weighted by Gasteiger charge is 2.08. The summed E-state index contributed by atoms with van der Waals surface area (Å²) in [4.78, 5) is 33.5. The van der Waals surface area contributed by atoms with E-state index in [1.165, 1.54) is 14.0 Å². The SMILES string of the molecule is COC(=O)CCC(=O)c1ccc(C#CCSC(C)=O)cc1. The van der Waals surface area contributed by atoms with Crippen molar-refractivity contribution in [2.75, 3.05) is 12.9 Å². The first kappa shape index (κ1) is 17.0. The molecule has 4 nitrogen and oxygen atoms in total. The second-order valence-corrected chi connectivity index (χ2v) is 5.31. The lowest BCUT2D eigenvalue weighted by Gasteiger charge is -2.00. The van der Waals surface area contributed by atoms with Gasteiger partial charge < -0.3 is 4.74 Å². The van der Waals surface area contributed by atoms with Crippen LogP contribution in [0.2, 0.25) is 0 Å². The Labute approximate surface area is 128 Å². The minimum atomic E-state index is -0.395. The summed E-state index contributed by atoms with van der Waals surface area (Å²) in [5.74, 6) is 5.75. The molecule has 0 aliphatic rings. The first-order chi connectivity index (χ1) is 10.0. The number of hydrogen-bond acceptors (Lipinski definition) is 5. The van der Waals surface area contributed by atoms with Crippen LogP contribution < -0.4 is 0 Å². The lowest BCUT2D eigenvalue weighted by atomic mass is 10.0. The van der Waals surface area contributed by atoms with E-state index in [0.29, 0.717) is 11.3 Å². The zero-order chi connectivity index (χ0) is 15.7. The number of esters is 1. The smallest absolute Gasteiger partial charge is 0.305 e. The second kappa shape index (κ2) is 8.98. The van der Waals surface area contributed by atoms with E-state index in [0.717, 1.165) is 17.3 Å². The van der Waals surface area contributed by atoms with Crippen LogP contribution in [0.15, 0.2) is 24.3 Å². The molecular weight excluding hydrogens is 288 g/mol. The summed E-state index contributed by atoms with van der Waals surface area (Å²) in [6.07, 6.45) is 0.214. The fourth-order valence-corrected chi connectivity index (χ4v) is 1.82. The molecule has 0 aliphatic heterocycles. The molecule has 0 heterocycles. The van der Waals surface area contributed by atoms with Gasteiger partial charge in [-0.1, -0.05) is 35.7 Å². The zero-order valence-corrected chi connectivity index (χ0v) is 12.8. The van der Waals surface area contributed by atoms with Gasteiger partial charge in [0.25, 0.3) is 0 Å². The molecule has 1 aromatic carbocycles. The van der Waals surface area contributed by atoms with Crippen LogP contribution in [0.3, 0.4) is 0 Å². The number of hydrogen-bond donors (Lipinski definition) is 0. The summed E-state index contributed by atoms with van der Waals surface area (Å²) >= 11 is 1.16. The van der Waals surface area contributed by atoms with Crippen molar-refractivity contribution in [3.63, 3.8) is 0 Å². The molecule has 0 saturated carbocycles. The number of rotatable bonds is 5. The van der Waals surface area contributed by atoms with Crippen LogP contribution in [0, 0.1) is 11.8 Å². The van der Waals surface area contributed by atoms with Gasteiger partial charge >= 0.3 is 5.97 Å². The van der Waals surface area contributed by atoms with Crippen molar-refractivity contribution in [2.24, 2.45) is 0 Å². The van der Waals surface area contributed by atoms with Crippen molar-refractivity contribution >= 4 is 28.6 Å². The van der Waals surface area contributed by atoms with Gasteiger partial charge in [-0.05, 0) is 12.1 Å². The average Bonchev–Trinajstić information content (AvgIpc) is 2.49. The predicted octanol–water partition coefficient (Wildman–Crippen LogP) is 2.45. The van der Waals surface area contributed by atoms with Crippen molar-refractivity contribution < 1.29 is 19.1 Å². The lowest BCUT2D eigenvalue weighted by molar-refractivity contribution is -0.140. The van der Waals surface area contributed by atoms with Crippen molar-refractivity contribution in [1.29, 1.82) is 0 Å². The van der Waals surface area contributed by atoms with Crippen LogP contribution >= 0.6 is 11.8 Å². The fourth-order valence-electron chi connectivity index (χ4n) is 1.48. The number of ether oxygens (including phenoxy) is 1.